The maximum Gasteiger partial charge on any atom is 0.250 e. The van der Waals surface area contributed by atoms with E-state index in [2.05, 4.69) is 10.2 Å². The van der Waals surface area contributed by atoms with Crippen LogP contribution in [0.1, 0.15) is 0 Å². The fraction of sp³-hybridized carbons (Fsp3) is 0.462. The Morgan fingerprint density at radius 1 is 1.28 bits per heavy atom. The monoisotopic (exact) mass is 252 g/mol. The molecule has 5 heteroatoms. The number of rotatable bonds is 7. The van der Waals surface area contributed by atoms with Crippen molar-refractivity contribution in [2.24, 2.45) is 0 Å². The quantitative estimate of drug-likeness (QED) is 0.792. The summed E-state index contributed by atoms with van der Waals surface area (Å²) in [5.41, 5.74) is 0.733. The van der Waals surface area contributed by atoms with E-state index >= 15 is 0 Å². The summed E-state index contributed by atoms with van der Waals surface area (Å²) in [5, 5.41) is 2.72. The molecule has 0 radical (unpaired) electrons. The molecule has 0 atom stereocenters. The zero-order valence-electron chi connectivity index (χ0n) is 11.1. The molecule has 0 spiro atoms. The molecule has 1 amide bonds. The maximum absolute atomic E-state index is 11.3. The van der Waals surface area contributed by atoms with Gasteiger partial charge in [0.25, 0.3) is 0 Å². The number of hydrogen-bond donors (Lipinski definition) is 1. The van der Waals surface area contributed by atoms with Crippen LogP contribution in [0.25, 0.3) is 0 Å². The van der Waals surface area contributed by atoms with Crippen molar-refractivity contribution in [3.05, 3.63) is 24.3 Å². The van der Waals surface area contributed by atoms with Crippen molar-refractivity contribution in [2.75, 3.05) is 46.3 Å². The topological polar surface area (TPSA) is 50.8 Å². The second-order valence-corrected chi connectivity index (χ2v) is 4.16. The fourth-order valence-electron chi connectivity index (χ4n) is 1.31. The van der Waals surface area contributed by atoms with E-state index in [9.17, 15) is 4.79 Å². The number of benzene rings is 1. The van der Waals surface area contributed by atoms with Crippen LogP contribution >= 0.6 is 0 Å². The first-order chi connectivity index (χ1) is 8.61. The minimum Gasteiger partial charge on any atom is -0.492 e. The third-order valence-corrected chi connectivity index (χ3v) is 2.22. The molecule has 0 saturated heterocycles. The number of anilines is 1. The van der Waals surface area contributed by atoms with Crippen LogP contribution in [0.5, 0.6) is 5.75 Å². The smallest absolute Gasteiger partial charge is 0.250 e. The molecule has 0 aliphatic carbocycles. The van der Waals surface area contributed by atoms with Gasteiger partial charge in [-0.25, -0.2) is 0 Å². The van der Waals surface area contributed by atoms with Gasteiger partial charge < -0.3 is 19.7 Å². The number of ether oxygens (including phenoxy) is 2. The number of carbonyl (C=O) groups excluding carboxylic acids is 1. The van der Waals surface area contributed by atoms with Gasteiger partial charge in [0.2, 0.25) is 5.91 Å². The number of likely N-dealkylation sites (N-methyl/N-ethyl adjacent to an activating group) is 1. The average molecular weight is 252 g/mol. The molecular formula is C13H20N2O3. The lowest BCUT2D eigenvalue weighted by atomic mass is 10.3. The Balaban J connectivity index is 2.40. The average Bonchev–Trinajstić information content (AvgIpc) is 2.31. The third-order valence-electron chi connectivity index (χ3n) is 2.22. The number of nitrogens with zero attached hydrogens (tertiary/aromatic N) is 1. The molecule has 0 saturated carbocycles. The SMILES string of the molecule is COCC(=O)Nc1ccc(OCCN(C)C)cc1. The van der Waals surface area contributed by atoms with Gasteiger partial charge in [0.05, 0.1) is 0 Å². The lowest BCUT2D eigenvalue weighted by Gasteiger charge is -2.11. The Bertz CT molecular complexity index is 363. The van der Waals surface area contributed by atoms with Gasteiger partial charge in [-0.15, -0.1) is 0 Å². The second kappa shape index (κ2) is 7.68. The molecule has 0 aliphatic rings. The lowest BCUT2D eigenvalue weighted by Crippen LogP contribution is -2.19. The van der Waals surface area contributed by atoms with Crippen LogP contribution in [0, 0.1) is 0 Å². The molecule has 18 heavy (non-hydrogen) atoms. The molecule has 1 aromatic carbocycles. The Kier molecular flexibility index (Phi) is 6.18. The Hall–Kier alpha value is -1.59. The van der Waals surface area contributed by atoms with Crippen LogP contribution in [-0.4, -0.2) is 51.8 Å². The summed E-state index contributed by atoms with van der Waals surface area (Å²) >= 11 is 0. The third kappa shape index (κ3) is 5.65. The van der Waals surface area contributed by atoms with Crippen LogP contribution in [0.4, 0.5) is 5.69 Å². The van der Waals surface area contributed by atoms with E-state index in [0.29, 0.717) is 6.61 Å². The molecule has 1 rings (SSSR count). The molecule has 0 bridgehead atoms. The van der Waals surface area contributed by atoms with E-state index in [0.717, 1.165) is 18.0 Å². The largest absolute Gasteiger partial charge is 0.492 e. The van der Waals surface area contributed by atoms with E-state index in [1.165, 1.54) is 7.11 Å². The summed E-state index contributed by atoms with van der Waals surface area (Å²) in [5.74, 6) is 0.625. The molecule has 0 heterocycles. The lowest BCUT2D eigenvalue weighted by molar-refractivity contribution is -0.119. The van der Waals surface area contributed by atoms with Gasteiger partial charge in [-0.3, -0.25) is 4.79 Å². The Morgan fingerprint density at radius 3 is 2.50 bits per heavy atom. The van der Waals surface area contributed by atoms with Gasteiger partial charge in [0.15, 0.2) is 0 Å². The molecular weight excluding hydrogens is 232 g/mol. The van der Waals surface area contributed by atoms with Crippen molar-refractivity contribution in [3.8, 4) is 5.75 Å². The summed E-state index contributed by atoms with van der Waals surface area (Å²) in [6.45, 7) is 1.57. The molecule has 1 aromatic rings. The molecule has 5 nitrogen and oxygen atoms in total. The van der Waals surface area contributed by atoms with Gasteiger partial charge in [0, 0.05) is 19.3 Å². The fourth-order valence-corrected chi connectivity index (χ4v) is 1.31. The van der Waals surface area contributed by atoms with Gasteiger partial charge >= 0.3 is 0 Å². The Morgan fingerprint density at radius 2 is 1.94 bits per heavy atom. The highest BCUT2D eigenvalue weighted by Gasteiger charge is 2.01. The first-order valence-corrected chi connectivity index (χ1v) is 5.78. The van der Waals surface area contributed by atoms with Crippen LogP contribution in [0.3, 0.4) is 0 Å². The maximum atomic E-state index is 11.3. The minimum atomic E-state index is -0.168. The van der Waals surface area contributed by atoms with Gasteiger partial charge in [-0.2, -0.15) is 0 Å². The molecule has 1 N–H and O–H groups in total. The summed E-state index contributed by atoms with van der Waals surface area (Å²) in [7, 11) is 5.48. The summed E-state index contributed by atoms with van der Waals surface area (Å²) in [6.07, 6.45) is 0. The summed E-state index contributed by atoms with van der Waals surface area (Å²) in [4.78, 5) is 13.3. The number of amides is 1. The van der Waals surface area contributed by atoms with E-state index in [1.54, 1.807) is 12.1 Å². The number of carbonyl (C=O) groups is 1. The van der Waals surface area contributed by atoms with Crippen LogP contribution < -0.4 is 10.1 Å². The van der Waals surface area contributed by atoms with Crippen molar-refractivity contribution in [2.45, 2.75) is 0 Å². The van der Waals surface area contributed by atoms with Gasteiger partial charge in [-0.1, -0.05) is 0 Å². The van der Waals surface area contributed by atoms with E-state index in [4.69, 9.17) is 9.47 Å². The standard InChI is InChI=1S/C13H20N2O3/c1-15(2)8-9-18-12-6-4-11(5-7-12)14-13(16)10-17-3/h4-7H,8-10H2,1-3H3,(H,14,16). The number of nitrogens with one attached hydrogen (secondary N) is 1. The summed E-state index contributed by atoms with van der Waals surface area (Å²) in [6, 6.07) is 7.27. The first-order valence-electron chi connectivity index (χ1n) is 5.78. The highest BCUT2D eigenvalue weighted by Crippen LogP contribution is 2.15. The number of methoxy groups -OCH3 is 1. The predicted molar refractivity (Wildman–Crippen MR) is 71.0 cm³/mol. The van der Waals surface area contributed by atoms with Crippen molar-refractivity contribution in [1.29, 1.82) is 0 Å². The summed E-state index contributed by atoms with van der Waals surface area (Å²) < 4.78 is 10.3. The zero-order valence-corrected chi connectivity index (χ0v) is 11.1. The first kappa shape index (κ1) is 14.5. The zero-order chi connectivity index (χ0) is 13.4. The molecule has 0 fully saturated rings. The Labute approximate surface area is 108 Å². The predicted octanol–water partition coefficient (Wildman–Crippen LogP) is 1.21. The van der Waals surface area contributed by atoms with Crippen molar-refractivity contribution < 1.29 is 14.3 Å². The van der Waals surface area contributed by atoms with Crippen LogP contribution in [0.15, 0.2) is 24.3 Å². The normalized spacial score (nSPS) is 10.4. The highest BCUT2D eigenvalue weighted by molar-refractivity contribution is 5.91. The molecule has 0 aromatic heterocycles. The van der Waals surface area contributed by atoms with E-state index in [-0.39, 0.29) is 12.5 Å². The minimum absolute atomic E-state index is 0.0566. The highest BCUT2D eigenvalue weighted by atomic mass is 16.5. The molecule has 0 unspecified atom stereocenters. The van der Waals surface area contributed by atoms with E-state index < -0.39 is 0 Å². The van der Waals surface area contributed by atoms with Crippen LogP contribution in [0.2, 0.25) is 0 Å². The molecule has 100 valence electrons. The number of hydrogen-bond acceptors (Lipinski definition) is 4. The van der Waals surface area contributed by atoms with Crippen molar-refractivity contribution in [3.63, 3.8) is 0 Å². The molecule has 0 aliphatic heterocycles. The van der Waals surface area contributed by atoms with Crippen molar-refractivity contribution >= 4 is 11.6 Å². The van der Waals surface area contributed by atoms with E-state index in [1.807, 2.05) is 26.2 Å². The second-order valence-electron chi connectivity index (χ2n) is 4.16. The van der Waals surface area contributed by atoms with Gasteiger partial charge in [-0.05, 0) is 38.4 Å². The van der Waals surface area contributed by atoms with Gasteiger partial charge in [0.1, 0.15) is 19.0 Å². The van der Waals surface area contributed by atoms with Crippen LogP contribution in [-0.2, 0) is 9.53 Å². The van der Waals surface area contributed by atoms with Crippen molar-refractivity contribution in [1.82, 2.24) is 4.90 Å².